The van der Waals surface area contributed by atoms with Crippen LogP contribution in [-0.2, 0) is 16.1 Å². The second-order valence-electron chi connectivity index (χ2n) is 9.49. The third-order valence-corrected chi connectivity index (χ3v) is 6.23. The molecule has 0 fully saturated rings. The van der Waals surface area contributed by atoms with Gasteiger partial charge in [0.2, 0.25) is 11.8 Å². The summed E-state index contributed by atoms with van der Waals surface area (Å²) < 4.78 is 7.00. The summed E-state index contributed by atoms with van der Waals surface area (Å²) in [4.78, 5) is 29.3. The van der Waals surface area contributed by atoms with Crippen LogP contribution in [0.15, 0.2) is 72.8 Å². The smallest absolute Gasteiger partial charge is 0.249 e. The minimum atomic E-state index is -0.887. The Labute approximate surface area is 217 Å². The van der Waals surface area contributed by atoms with Crippen molar-refractivity contribution in [3.8, 4) is 5.75 Å². The van der Waals surface area contributed by atoms with Gasteiger partial charge in [-0.15, -0.1) is 5.10 Å². The molecule has 0 aliphatic heterocycles. The van der Waals surface area contributed by atoms with Crippen LogP contribution in [0.5, 0.6) is 5.75 Å². The van der Waals surface area contributed by atoms with Crippen LogP contribution in [0.25, 0.3) is 11.0 Å². The first-order valence-electron chi connectivity index (χ1n) is 12.5. The summed E-state index contributed by atoms with van der Waals surface area (Å²) in [5, 5.41) is 11.4. The zero-order chi connectivity index (χ0) is 26.4. The lowest BCUT2D eigenvalue weighted by atomic mass is 10.0. The number of rotatable bonds is 10. The van der Waals surface area contributed by atoms with Crippen LogP contribution in [0.2, 0.25) is 0 Å². The Balaban J connectivity index is 1.78. The van der Waals surface area contributed by atoms with E-state index in [9.17, 15) is 9.59 Å². The van der Waals surface area contributed by atoms with Crippen molar-refractivity contribution in [2.24, 2.45) is 5.92 Å². The number of hydrogen-bond acceptors (Lipinski definition) is 5. The maximum absolute atomic E-state index is 14.0. The second-order valence-corrected chi connectivity index (χ2v) is 9.49. The first kappa shape index (κ1) is 25.9. The second kappa shape index (κ2) is 11.7. The van der Waals surface area contributed by atoms with Gasteiger partial charge in [0, 0.05) is 18.3 Å². The van der Waals surface area contributed by atoms with E-state index in [0.717, 1.165) is 17.5 Å². The predicted octanol–water partition coefficient (Wildman–Crippen LogP) is 4.69. The molecule has 8 nitrogen and oxygen atoms in total. The van der Waals surface area contributed by atoms with Crippen molar-refractivity contribution in [3.05, 3.63) is 83.9 Å². The molecule has 1 atom stereocenters. The average molecular weight is 500 g/mol. The molecule has 4 aromatic rings. The quantitative estimate of drug-likeness (QED) is 0.342. The molecule has 0 aliphatic carbocycles. The third kappa shape index (κ3) is 6.14. The molecule has 192 valence electrons. The number of fused-ring (bicyclic) bond motifs is 1. The van der Waals surface area contributed by atoms with Crippen LogP contribution >= 0.6 is 0 Å². The van der Waals surface area contributed by atoms with Gasteiger partial charge < -0.3 is 10.1 Å². The van der Waals surface area contributed by atoms with Gasteiger partial charge in [0.25, 0.3) is 0 Å². The summed E-state index contributed by atoms with van der Waals surface area (Å²) in [5.74, 6) is 0.483. The molecular weight excluding hydrogens is 466 g/mol. The van der Waals surface area contributed by atoms with E-state index in [-0.39, 0.29) is 18.4 Å². The zero-order valence-electron chi connectivity index (χ0n) is 21.7. The number of aryl methyl sites for hydroxylation is 1. The summed E-state index contributed by atoms with van der Waals surface area (Å²) in [6.45, 7) is 6.64. The van der Waals surface area contributed by atoms with Gasteiger partial charge in [-0.3, -0.25) is 14.5 Å². The van der Waals surface area contributed by atoms with E-state index >= 15 is 0 Å². The van der Waals surface area contributed by atoms with Gasteiger partial charge in [0.1, 0.15) is 23.9 Å². The van der Waals surface area contributed by atoms with Crippen molar-refractivity contribution in [3.63, 3.8) is 0 Å². The number of ether oxygens (including phenoxy) is 1. The van der Waals surface area contributed by atoms with Crippen LogP contribution in [0, 0.1) is 12.8 Å². The molecule has 0 saturated carbocycles. The maximum atomic E-state index is 14.0. The molecule has 1 aromatic heterocycles. The summed E-state index contributed by atoms with van der Waals surface area (Å²) in [6.07, 6.45) is 0.838. The lowest BCUT2D eigenvalue weighted by Gasteiger charge is -2.32. The maximum Gasteiger partial charge on any atom is 0.249 e. The average Bonchev–Trinajstić information content (AvgIpc) is 3.30. The zero-order valence-corrected chi connectivity index (χ0v) is 21.7. The van der Waals surface area contributed by atoms with Gasteiger partial charge in [-0.1, -0.05) is 67.1 Å². The van der Waals surface area contributed by atoms with E-state index < -0.39 is 6.04 Å². The van der Waals surface area contributed by atoms with Gasteiger partial charge >= 0.3 is 0 Å². The molecule has 2 amide bonds. The summed E-state index contributed by atoms with van der Waals surface area (Å²) in [7, 11) is 1.57. The highest BCUT2D eigenvalue weighted by Gasteiger charge is 2.33. The molecule has 0 bridgehead atoms. The molecule has 0 unspecified atom stereocenters. The normalized spacial score (nSPS) is 11.9. The molecule has 1 heterocycles. The molecule has 0 aliphatic rings. The van der Waals surface area contributed by atoms with Crippen molar-refractivity contribution in [2.75, 3.05) is 18.6 Å². The number of methoxy groups -OCH3 is 1. The lowest BCUT2D eigenvalue weighted by molar-refractivity contribution is -0.127. The molecule has 37 heavy (non-hydrogen) atoms. The molecule has 0 saturated heterocycles. The van der Waals surface area contributed by atoms with E-state index in [1.165, 1.54) is 4.90 Å². The summed E-state index contributed by atoms with van der Waals surface area (Å²) >= 11 is 0. The van der Waals surface area contributed by atoms with E-state index in [0.29, 0.717) is 35.0 Å². The number of aromatic nitrogens is 3. The van der Waals surface area contributed by atoms with Crippen molar-refractivity contribution in [2.45, 2.75) is 39.8 Å². The Morgan fingerprint density at radius 1 is 1.03 bits per heavy atom. The number of hydrogen-bond donors (Lipinski definition) is 1. The SMILES string of the molecule is COc1cccc(N(C(=O)Cn2nnc3ccccc32)[C@H](C(=O)NCCC(C)C)c2ccc(C)cc2)c1. The Kier molecular flexibility index (Phi) is 8.18. The van der Waals surface area contributed by atoms with Crippen LogP contribution in [0.3, 0.4) is 0 Å². The van der Waals surface area contributed by atoms with Crippen LogP contribution in [0.1, 0.15) is 37.4 Å². The minimum Gasteiger partial charge on any atom is -0.497 e. The van der Waals surface area contributed by atoms with E-state index in [2.05, 4.69) is 29.5 Å². The van der Waals surface area contributed by atoms with Crippen LogP contribution < -0.4 is 15.0 Å². The Morgan fingerprint density at radius 2 is 1.78 bits per heavy atom. The van der Waals surface area contributed by atoms with Gasteiger partial charge in [0.05, 0.1) is 12.6 Å². The highest BCUT2D eigenvalue weighted by atomic mass is 16.5. The number of amides is 2. The number of anilines is 1. The largest absolute Gasteiger partial charge is 0.497 e. The Bertz CT molecular complexity index is 1360. The molecular formula is C29H33N5O3. The van der Waals surface area contributed by atoms with Gasteiger partial charge in [-0.25, -0.2) is 4.68 Å². The van der Waals surface area contributed by atoms with Crippen LogP contribution in [-0.4, -0.2) is 40.5 Å². The first-order valence-corrected chi connectivity index (χ1v) is 12.5. The monoisotopic (exact) mass is 499 g/mol. The van der Waals surface area contributed by atoms with E-state index in [4.69, 9.17) is 4.74 Å². The number of benzene rings is 3. The standard InChI is InChI=1S/C29H33N5O3/c1-20(2)16-17-30-29(36)28(22-14-12-21(3)13-15-22)34(23-8-7-9-24(18-23)37-4)27(35)19-33-26-11-6-5-10-25(26)31-32-33/h5-15,18,20,28H,16-17,19H2,1-4H3,(H,30,36)/t28-/m0/s1. The summed E-state index contributed by atoms with van der Waals surface area (Å²) in [6, 6.07) is 21.5. The number of nitrogens with zero attached hydrogens (tertiary/aromatic N) is 4. The highest BCUT2D eigenvalue weighted by molar-refractivity contribution is 6.01. The summed E-state index contributed by atoms with van der Waals surface area (Å²) in [5.41, 5.74) is 3.78. The van der Waals surface area contributed by atoms with Crippen molar-refractivity contribution in [1.29, 1.82) is 0 Å². The van der Waals surface area contributed by atoms with Gasteiger partial charge in [-0.2, -0.15) is 0 Å². The molecule has 0 radical (unpaired) electrons. The molecule has 4 rings (SSSR count). The Hall–Kier alpha value is -4.20. The number of para-hydroxylation sites is 1. The van der Waals surface area contributed by atoms with E-state index in [1.54, 1.807) is 23.9 Å². The molecule has 0 spiro atoms. The van der Waals surface area contributed by atoms with Crippen molar-refractivity contribution < 1.29 is 14.3 Å². The number of carbonyl (C=O) groups is 2. The predicted molar refractivity (Wildman–Crippen MR) is 144 cm³/mol. The fraction of sp³-hybridized carbons (Fsp3) is 0.310. The van der Waals surface area contributed by atoms with Crippen molar-refractivity contribution in [1.82, 2.24) is 20.3 Å². The fourth-order valence-electron chi connectivity index (χ4n) is 4.18. The minimum absolute atomic E-state index is 0.0840. The molecule has 3 aromatic carbocycles. The lowest BCUT2D eigenvalue weighted by Crippen LogP contribution is -2.45. The third-order valence-electron chi connectivity index (χ3n) is 6.23. The molecule has 1 N–H and O–H groups in total. The van der Waals surface area contributed by atoms with E-state index in [1.807, 2.05) is 67.6 Å². The number of carbonyl (C=O) groups excluding carboxylic acids is 2. The number of nitrogens with one attached hydrogen (secondary N) is 1. The fourth-order valence-corrected chi connectivity index (χ4v) is 4.18. The van der Waals surface area contributed by atoms with Crippen LogP contribution in [0.4, 0.5) is 5.69 Å². The first-order chi connectivity index (χ1) is 17.9. The van der Waals surface area contributed by atoms with Gasteiger partial charge in [0.15, 0.2) is 0 Å². The topological polar surface area (TPSA) is 89.3 Å². The Morgan fingerprint density at radius 3 is 2.51 bits per heavy atom. The van der Waals surface area contributed by atoms with Gasteiger partial charge in [-0.05, 0) is 49.1 Å². The highest BCUT2D eigenvalue weighted by Crippen LogP contribution is 2.31. The molecule has 8 heteroatoms. The van der Waals surface area contributed by atoms with Crippen molar-refractivity contribution >= 4 is 28.5 Å².